The standard InChI is InChI=1S/C14H11ClF2O/c1-9-6-12(3-4-13(9)17)18-14-5-2-11(16)7-10(14)8-15/h2-7H,8H2,1H3. The average Bonchev–Trinajstić information content (AvgIpc) is 2.36. The van der Waals surface area contributed by atoms with Gasteiger partial charge in [0.25, 0.3) is 0 Å². The number of benzene rings is 2. The Hall–Kier alpha value is -1.61. The highest BCUT2D eigenvalue weighted by Crippen LogP contribution is 2.28. The van der Waals surface area contributed by atoms with Gasteiger partial charge in [-0.2, -0.15) is 0 Å². The number of ether oxygens (including phenoxy) is 1. The molecule has 94 valence electrons. The third-order valence-electron chi connectivity index (χ3n) is 2.52. The fourth-order valence-corrected chi connectivity index (χ4v) is 1.77. The zero-order chi connectivity index (χ0) is 13.1. The molecule has 0 saturated carbocycles. The Morgan fingerprint density at radius 1 is 1.11 bits per heavy atom. The molecule has 0 saturated heterocycles. The molecule has 0 aliphatic carbocycles. The van der Waals surface area contributed by atoms with E-state index in [1.807, 2.05) is 0 Å². The van der Waals surface area contributed by atoms with Gasteiger partial charge in [-0.1, -0.05) is 0 Å². The van der Waals surface area contributed by atoms with Gasteiger partial charge in [-0.3, -0.25) is 0 Å². The fourth-order valence-electron chi connectivity index (χ4n) is 1.56. The van der Waals surface area contributed by atoms with Crippen LogP contribution in [0.2, 0.25) is 0 Å². The predicted molar refractivity (Wildman–Crippen MR) is 67.2 cm³/mol. The highest BCUT2D eigenvalue weighted by atomic mass is 35.5. The largest absolute Gasteiger partial charge is 0.457 e. The van der Waals surface area contributed by atoms with Crippen molar-refractivity contribution in [3.63, 3.8) is 0 Å². The zero-order valence-corrected chi connectivity index (χ0v) is 10.5. The molecule has 2 rings (SSSR count). The van der Waals surface area contributed by atoms with Crippen LogP contribution in [-0.2, 0) is 5.88 Å². The molecule has 0 aliphatic rings. The van der Waals surface area contributed by atoms with Crippen LogP contribution in [0.15, 0.2) is 36.4 Å². The lowest BCUT2D eigenvalue weighted by Gasteiger charge is -2.10. The summed E-state index contributed by atoms with van der Waals surface area (Å²) in [5.41, 5.74) is 1.04. The lowest BCUT2D eigenvalue weighted by atomic mass is 10.2. The smallest absolute Gasteiger partial charge is 0.132 e. The maximum atomic E-state index is 13.1. The zero-order valence-electron chi connectivity index (χ0n) is 9.71. The van der Waals surface area contributed by atoms with Crippen molar-refractivity contribution < 1.29 is 13.5 Å². The molecule has 1 nitrogen and oxygen atoms in total. The molecule has 0 spiro atoms. The van der Waals surface area contributed by atoms with Gasteiger partial charge >= 0.3 is 0 Å². The maximum absolute atomic E-state index is 13.1. The van der Waals surface area contributed by atoms with Gasteiger partial charge in [0.1, 0.15) is 23.1 Å². The van der Waals surface area contributed by atoms with Crippen LogP contribution in [0.4, 0.5) is 8.78 Å². The highest BCUT2D eigenvalue weighted by molar-refractivity contribution is 6.17. The van der Waals surface area contributed by atoms with E-state index in [0.717, 1.165) is 0 Å². The van der Waals surface area contributed by atoms with Crippen molar-refractivity contribution in [1.82, 2.24) is 0 Å². The second-order valence-corrected chi connectivity index (χ2v) is 4.17. The summed E-state index contributed by atoms with van der Waals surface area (Å²) in [7, 11) is 0. The molecule has 4 heteroatoms. The average molecular weight is 269 g/mol. The van der Waals surface area contributed by atoms with E-state index in [4.69, 9.17) is 16.3 Å². The van der Waals surface area contributed by atoms with Crippen LogP contribution in [0, 0.1) is 18.6 Å². The quantitative estimate of drug-likeness (QED) is 0.726. The summed E-state index contributed by atoms with van der Waals surface area (Å²) in [6.07, 6.45) is 0. The van der Waals surface area contributed by atoms with Crippen molar-refractivity contribution in [1.29, 1.82) is 0 Å². The van der Waals surface area contributed by atoms with Crippen LogP contribution in [0.5, 0.6) is 11.5 Å². The van der Waals surface area contributed by atoms with Gasteiger partial charge in [-0.05, 0) is 48.9 Å². The molecule has 2 aromatic carbocycles. The predicted octanol–water partition coefficient (Wildman–Crippen LogP) is 4.80. The lowest BCUT2D eigenvalue weighted by molar-refractivity contribution is 0.473. The molecule has 0 aromatic heterocycles. The first kappa shape index (κ1) is 12.8. The van der Waals surface area contributed by atoms with Gasteiger partial charge in [-0.25, -0.2) is 8.78 Å². The molecular formula is C14H11ClF2O. The minimum absolute atomic E-state index is 0.146. The topological polar surface area (TPSA) is 9.23 Å². The van der Waals surface area contributed by atoms with Crippen LogP contribution >= 0.6 is 11.6 Å². The lowest BCUT2D eigenvalue weighted by Crippen LogP contribution is -1.92. The Bertz CT molecular complexity index is 570. The SMILES string of the molecule is Cc1cc(Oc2ccc(F)cc2CCl)ccc1F. The summed E-state index contributed by atoms with van der Waals surface area (Å²) in [4.78, 5) is 0. The molecular weight excluding hydrogens is 258 g/mol. The van der Waals surface area contributed by atoms with E-state index < -0.39 is 0 Å². The van der Waals surface area contributed by atoms with Crippen molar-refractivity contribution in [3.05, 3.63) is 59.2 Å². The second-order valence-electron chi connectivity index (χ2n) is 3.90. The molecule has 0 heterocycles. The summed E-state index contributed by atoms with van der Waals surface area (Å²) < 4.78 is 31.7. The first-order chi connectivity index (χ1) is 8.60. The minimum atomic E-state index is -0.367. The molecule has 0 atom stereocenters. The van der Waals surface area contributed by atoms with Gasteiger partial charge in [0.15, 0.2) is 0 Å². The van der Waals surface area contributed by atoms with Crippen LogP contribution in [0.3, 0.4) is 0 Å². The number of aryl methyl sites for hydroxylation is 1. The Balaban J connectivity index is 2.30. The molecule has 0 radical (unpaired) electrons. The van der Waals surface area contributed by atoms with Crippen LogP contribution in [0.25, 0.3) is 0 Å². The van der Waals surface area contributed by atoms with Gasteiger partial charge < -0.3 is 4.74 Å². The van der Waals surface area contributed by atoms with E-state index >= 15 is 0 Å². The van der Waals surface area contributed by atoms with Crippen molar-refractivity contribution in [3.8, 4) is 11.5 Å². The third-order valence-corrected chi connectivity index (χ3v) is 2.81. The summed E-state index contributed by atoms with van der Waals surface area (Å²) in [5.74, 6) is 0.449. The van der Waals surface area contributed by atoms with Crippen LogP contribution < -0.4 is 4.74 Å². The van der Waals surface area contributed by atoms with E-state index in [2.05, 4.69) is 0 Å². The molecule has 0 amide bonds. The van der Waals surface area contributed by atoms with Crippen molar-refractivity contribution in [2.45, 2.75) is 12.8 Å². The van der Waals surface area contributed by atoms with Crippen LogP contribution in [0.1, 0.15) is 11.1 Å². The van der Waals surface area contributed by atoms with Crippen molar-refractivity contribution >= 4 is 11.6 Å². The minimum Gasteiger partial charge on any atom is -0.457 e. The molecule has 0 N–H and O–H groups in total. The van der Waals surface area contributed by atoms with Crippen molar-refractivity contribution in [2.24, 2.45) is 0 Å². The highest BCUT2D eigenvalue weighted by Gasteiger charge is 2.07. The number of alkyl halides is 1. The summed E-state index contributed by atoms with van der Waals surface area (Å²) in [6.45, 7) is 1.65. The first-order valence-corrected chi connectivity index (χ1v) is 5.92. The molecule has 0 aliphatic heterocycles. The van der Waals surface area contributed by atoms with Gasteiger partial charge in [0.05, 0.1) is 5.88 Å². The van der Waals surface area contributed by atoms with E-state index in [-0.39, 0.29) is 17.5 Å². The molecule has 2 aromatic rings. The Morgan fingerprint density at radius 2 is 1.89 bits per heavy atom. The number of halogens is 3. The first-order valence-electron chi connectivity index (χ1n) is 5.38. The van der Waals surface area contributed by atoms with Gasteiger partial charge in [-0.15, -0.1) is 11.6 Å². The van der Waals surface area contributed by atoms with Crippen molar-refractivity contribution in [2.75, 3.05) is 0 Å². The van der Waals surface area contributed by atoms with E-state index in [1.165, 1.54) is 30.3 Å². The second kappa shape index (κ2) is 5.36. The normalized spacial score (nSPS) is 10.4. The number of hydrogen-bond donors (Lipinski definition) is 0. The number of hydrogen-bond acceptors (Lipinski definition) is 1. The summed E-state index contributed by atoms with van der Waals surface area (Å²) in [6, 6.07) is 8.54. The molecule has 0 bridgehead atoms. The maximum Gasteiger partial charge on any atom is 0.132 e. The molecule has 0 unspecified atom stereocenters. The Kier molecular flexibility index (Phi) is 3.82. The van der Waals surface area contributed by atoms with E-state index in [0.29, 0.717) is 22.6 Å². The van der Waals surface area contributed by atoms with Crippen LogP contribution in [-0.4, -0.2) is 0 Å². The monoisotopic (exact) mass is 268 g/mol. The van der Waals surface area contributed by atoms with Gasteiger partial charge in [0, 0.05) is 5.56 Å². The van der Waals surface area contributed by atoms with E-state index in [9.17, 15) is 8.78 Å². The van der Waals surface area contributed by atoms with Gasteiger partial charge in [0.2, 0.25) is 0 Å². The Labute approximate surface area is 109 Å². The fraction of sp³-hybridized carbons (Fsp3) is 0.143. The number of rotatable bonds is 3. The Morgan fingerprint density at radius 3 is 2.56 bits per heavy atom. The molecule has 0 fully saturated rings. The summed E-state index contributed by atoms with van der Waals surface area (Å²) in [5, 5.41) is 0. The van der Waals surface area contributed by atoms with E-state index in [1.54, 1.807) is 13.0 Å². The summed E-state index contributed by atoms with van der Waals surface area (Å²) >= 11 is 5.72. The molecule has 18 heavy (non-hydrogen) atoms. The third kappa shape index (κ3) is 2.79.